The molecule has 3 fully saturated rings. The second kappa shape index (κ2) is 5.57. The van der Waals surface area contributed by atoms with E-state index in [1.807, 2.05) is 0 Å². The molecule has 7 atom stereocenters. The molecule has 3 saturated carbocycles. The first kappa shape index (κ1) is 17.4. The Morgan fingerprint density at radius 3 is 2.57 bits per heavy atom. The first-order chi connectivity index (χ1) is 10.7. The van der Waals surface area contributed by atoms with Crippen molar-refractivity contribution in [3.05, 3.63) is 12.2 Å². The number of fused-ring (bicyclic) bond motifs is 3. The molecule has 0 aromatic rings. The Bertz CT molecular complexity index is 489. The van der Waals surface area contributed by atoms with Gasteiger partial charge in [-0.3, -0.25) is 0 Å². The van der Waals surface area contributed by atoms with Crippen LogP contribution in [0.3, 0.4) is 0 Å². The Hall–Kier alpha value is -0.380. The molecular weight excluding hydrogens is 288 g/mol. The van der Waals surface area contributed by atoms with Crippen LogP contribution in [0, 0.1) is 28.1 Å². The predicted octanol–water partition coefficient (Wildman–Crippen LogP) is 3.28. The van der Waals surface area contributed by atoms with E-state index in [0.717, 1.165) is 32.1 Å². The molecule has 3 N–H and O–H groups in total. The van der Waals surface area contributed by atoms with E-state index in [1.165, 1.54) is 18.4 Å². The van der Waals surface area contributed by atoms with Crippen molar-refractivity contribution in [1.29, 1.82) is 0 Å². The van der Waals surface area contributed by atoms with E-state index in [9.17, 15) is 15.3 Å². The topological polar surface area (TPSA) is 60.7 Å². The molecule has 0 aromatic heterocycles. The predicted molar refractivity (Wildman–Crippen MR) is 91.9 cm³/mol. The lowest BCUT2D eigenvalue weighted by Gasteiger charge is -2.64. The van der Waals surface area contributed by atoms with Gasteiger partial charge in [0.05, 0.1) is 18.8 Å². The van der Waals surface area contributed by atoms with E-state index >= 15 is 0 Å². The van der Waals surface area contributed by atoms with Crippen LogP contribution in [0.25, 0.3) is 0 Å². The second-order valence-corrected chi connectivity index (χ2v) is 9.41. The van der Waals surface area contributed by atoms with Crippen LogP contribution in [-0.2, 0) is 0 Å². The van der Waals surface area contributed by atoms with Crippen LogP contribution in [0.1, 0.15) is 65.7 Å². The molecule has 3 aliphatic carbocycles. The van der Waals surface area contributed by atoms with Gasteiger partial charge in [-0.1, -0.05) is 32.9 Å². The van der Waals surface area contributed by atoms with Gasteiger partial charge in [0, 0.05) is 0 Å². The zero-order valence-corrected chi connectivity index (χ0v) is 15.0. The maximum atomic E-state index is 11.0. The molecule has 3 aliphatic rings. The molecule has 0 radical (unpaired) electrons. The zero-order chi connectivity index (χ0) is 17.0. The van der Waals surface area contributed by atoms with Crippen LogP contribution >= 0.6 is 0 Å². The molecule has 0 bridgehead atoms. The number of allylic oxidation sites excluding steroid dienone is 1. The standard InChI is InChI=1S/C20H34O3/c1-13-6-5-7-16-19(3)9-8-18(2,17(23)12-21)10-14(19)15(22)11-20(13,16)4/h14-17,21-23H,1,5-12H2,2-4H3/t14-,15+,16-,17+,18+,19+,20+/m1/s1. The lowest BCUT2D eigenvalue weighted by Crippen LogP contribution is -2.60. The first-order valence-electron chi connectivity index (χ1n) is 9.32. The van der Waals surface area contributed by atoms with Crippen LogP contribution in [0.5, 0.6) is 0 Å². The average molecular weight is 322 g/mol. The summed E-state index contributed by atoms with van der Waals surface area (Å²) in [5.41, 5.74) is 1.23. The van der Waals surface area contributed by atoms with Crippen LogP contribution in [0.15, 0.2) is 12.2 Å². The molecule has 23 heavy (non-hydrogen) atoms. The Labute approximate surface area is 140 Å². The monoisotopic (exact) mass is 322 g/mol. The molecule has 3 nitrogen and oxygen atoms in total. The second-order valence-electron chi connectivity index (χ2n) is 9.41. The van der Waals surface area contributed by atoms with Crippen molar-refractivity contribution < 1.29 is 15.3 Å². The van der Waals surface area contributed by atoms with Gasteiger partial charge in [-0.05, 0) is 73.0 Å². The minimum Gasteiger partial charge on any atom is -0.394 e. The fraction of sp³-hybridized carbons (Fsp3) is 0.900. The van der Waals surface area contributed by atoms with Crippen LogP contribution in [0.2, 0.25) is 0 Å². The van der Waals surface area contributed by atoms with E-state index in [0.29, 0.717) is 5.92 Å². The van der Waals surface area contributed by atoms with E-state index in [1.54, 1.807) is 0 Å². The van der Waals surface area contributed by atoms with Crippen LogP contribution < -0.4 is 0 Å². The van der Waals surface area contributed by atoms with Gasteiger partial charge in [-0.25, -0.2) is 0 Å². The summed E-state index contributed by atoms with van der Waals surface area (Å²) < 4.78 is 0. The van der Waals surface area contributed by atoms with E-state index in [2.05, 4.69) is 27.4 Å². The summed E-state index contributed by atoms with van der Waals surface area (Å²) in [6.07, 6.45) is 6.09. The molecule has 0 amide bonds. The third-order valence-electron chi connectivity index (χ3n) is 8.19. The highest BCUT2D eigenvalue weighted by Crippen LogP contribution is 2.67. The van der Waals surface area contributed by atoms with Crippen molar-refractivity contribution in [2.75, 3.05) is 6.61 Å². The Morgan fingerprint density at radius 2 is 1.91 bits per heavy atom. The van der Waals surface area contributed by atoms with Gasteiger partial charge in [0.25, 0.3) is 0 Å². The number of aliphatic hydroxyl groups is 3. The SMILES string of the molecule is C=C1CCC[C@@H]2[C@@]3(C)CC[C@](C)([C@@H](O)CO)C[C@@H]3[C@@H](O)C[C@@]12C. The molecule has 0 heterocycles. The summed E-state index contributed by atoms with van der Waals surface area (Å²) in [5.74, 6) is 0.798. The highest BCUT2D eigenvalue weighted by atomic mass is 16.3. The molecule has 0 saturated heterocycles. The molecule has 0 aliphatic heterocycles. The maximum absolute atomic E-state index is 11.0. The quantitative estimate of drug-likeness (QED) is 0.684. The third-order valence-corrected chi connectivity index (χ3v) is 8.19. The molecule has 0 spiro atoms. The number of aliphatic hydroxyl groups excluding tert-OH is 3. The Kier molecular flexibility index (Phi) is 4.23. The van der Waals surface area contributed by atoms with Crippen molar-refractivity contribution >= 4 is 0 Å². The molecule has 0 unspecified atom stereocenters. The molecule has 3 rings (SSSR count). The van der Waals surface area contributed by atoms with Crippen LogP contribution in [-0.4, -0.2) is 34.1 Å². The third kappa shape index (κ3) is 2.42. The highest BCUT2D eigenvalue weighted by Gasteiger charge is 2.61. The van der Waals surface area contributed by atoms with Gasteiger partial charge in [0.2, 0.25) is 0 Å². The van der Waals surface area contributed by atoms with E-state index < -0.39 is 6.10 Å². The minimum atomic E-state index is -0.686. The average Bonchev–Trinajstić information content (AvgIpc) is 2.50. The fourth-order valence-corrected chi connectivity index (χ4v) is 6.40. The Morgan fingerprint density at radius 1 is 1.22 bits per heavy atom. The van der Waals surface area contributed by atoms with Crippen molar-refractivity contribution in [3.63, 3.8) is 0 Å². The number of rotatable bonds is 2. The first-order valence-corrected chi connectivity index (χ1v) is 9.32. The van der Waals surface area contributed by atoms with Gasteiger partial charge in [0.1, 0.15) is 0 Å². The smallest absolute Gasteiger partial charge is 0.0824 e. The van der Waals surface area contributed by atoms with Crippen molar-refractivity contribution in [2.45, 2.75) is 77.9 Å². The van der Waals surface area contributed by atoms with Crippen molar-refractivity contribution in [3.8, 4) is 0 Å². The number of hydrogen-bond donors (Lipinski definition) is 3. The zero-order valence-electron chi connectivity index (χ0n) is 15.0. The van der Waals surface area contributed by atoms with Gasteiger partial charge >= 0.3 is 0 Å². The number of hydrogen-bond acceptors (Lipinski definition) is 3. The summed E-state index contributed by atoms with van der Waals surface area (Å²) in [7, 11) is 0. The van der Waals surface area contributed by atoms with Crippen molar-refractivity contribution in [2.24, 2.45) is 28.1 Å². The molecular formula is C20H34O3. The van der Waals surface area contributed by atoms with Crippen LogP contribution in [0.4, 0.5) is 0 Å². The normalized spacial score (nSPS) is 51.7. The minimum absolute atomic E-state index is 0.0618. The lowest BCUT2D eigenvalue weighted by atomic mass is 9.41. The van der Waals surface area contributed by atoms with Crippen molar-refractivity contribution in [1.82, 2.24) is 0 Å². The molecule has 0 aromatic carbocycles. The Balaban J connectivity index is 1.94. The van der Waals surface area contributed by atoms with Gasteiger partial charge in [-0.15, -0.1) is 0 Å². The summed E-state index contributed by atoms with van der Waals surface area (Å²) in [6, 6.07) is 0. The van der Waals surface area contributed by atoms with Gasteiger partial charge < -0.3 is 15.3 Å². The van der Waals surface area contributed by atoms with Gasteiger partial charge in [0.15, 0.2) is 0 Å². The van der Waals surface area contributed by atoms with E-state index in [-0.39, 0.29) is 34.9 Å². The van der Waals surface area contributed by atoms with Gasteiger partial charge in [-0.2, -0.15) is 0 Å². The summed E-state index contributed by atoms with van der Waals surface area (Å²) in [6.45, 7) is 10.9. The summed E-state index contributed by atoms with van der Waals surface area (Å²) in [5, 5.41) is 30.7. The summed E-state index contributed by atoms with van der Waals surface area (Å²) >= 11 is 0. The van der Waals surface area contributed by atoms with E-state index in [4.69, 9.17) is 0 Å². The largest absolute Gasteiger partial charge is 0.394 e. The molecule has 132 valence electrons. The molecule has 3 heteroatoms. The maximum Gasteiger partial charge on any atom is 0.0824 e. The fourth-order valence-electron chi connectivity index (χ4n) is 6.40. The summed E-state index contributed by atoms with van der Waals surface area (Å²) in [4.78, 5) is 0. The lowest BCUT2D eigenvalue weighted by molar-refractivity contribution is -0.178. The highest BCUT2D eigenvalue weighted by molar-refractivity contribution is 5.21.